The Balaban J connectivity index is 1.52. The van der Waals surface area contributed by atoms with Crippen LogP contribution >= 0.6 is 0 Å². The summed E-state index contributed by atoms with van der Waals surface area (Å²) in [6.07, 6.45) is 5.74. The fraction of sp³-hybridized carbons (Fsp3) is 0.391. The number of carbonyl (C=O) groups excluding carboxylic acids is 2. The van der Waals surface area contributed by atoms with Gasteiger partial charge in [-0.3, -0.25) is 9.59 Å². The van der Waals surface area contributed by atoms with Crippen molar-refractivity contribution in [2.24, 2.45) is 0 Å². The molecule has 4 rings (SSSR count). The first-order valence-electron chi connectivity index (χ1n) is 10.0. The van der Waals surface area contributed by atoms with Gasteiger partial charge >= 0.3 is 0 Å². The standard InChI is InChI=1S/C23H26N2O3/c1-28-20-13-6-5-8-16(20)14-24-22(26)19-12-7-9-17-15-25(23(27)21(17)19)18-10-3-2-4-11-18/h5-9,12-13,18H,2-4,10-11,14-15H2,1H3,(H,24,26). The highest BCUT2D eigenvalue weighted by molar-refractivity contribution is 6.09. The lowest BCUT2D eigenvalue weighted by atomic mass is 9.94. The van der Waals surface area contributed by atoms with Crippen LogP contribution in [0.2, 0.25) is 0 Å². The average molecular weight is 378 g/mol. The Kier molecular flexibility index (Phi) is 5.33. The van der Waals surface area contributed by atoms with Gasteiger partial charge in [0, 0.05) is 24.7 Å². The molecule has 2 aromatic carbocycles. The van der Waals surface area contributed by atoms with E-state index >= 15 is 0 Å². The fourth-order valence-corrected chi connectivity index (χ4v) is 4.38. The molecule has 2 aliphatic rings. The van der Waals surface area contributed by atoms with Crippen LogP contribution < -0.4 is 10.1 Å². The number of para-hydroxylation sites is 1. The lowest BCUT2D eigenvalue weighted by Gasteiger charge is -2.30. The van der Waals surface area contributed by atoms with Crippen molar-refractivity contribution in [2.75, 3.05) is 7.11 Å². The van der Waals surface area contributed by atoms with Gasteiger partial charge in [0.25, 0.3) is 11.8 Å². The summed E-state index contributed by atoms with van der Waals surface area (Å²) in [5.41, 5.74) is 2.91. The van der Waals surface area contributed by atoms with Gasteiger partial charge in [0.2, 0.25) is 0 Å². The molecule has 0 radical (unpaired) electrons. The van der Waals surface area contributed by atoms with E-state index in [0.29, 0.717) is 30.3 Å². The topological polar surface area (TPSA) is 58.6 Å². The SMILES string of the molecule is COc1ccccc1CNC(=O)c1cccc2c1C(=O)N(C1CCCCC1)C2. The van der Waals surface area contributed by atoms with Gasteiger partial charge in [-0.05, 0) is 30.5 Å². The molecule has 0 aromatic heterocycles. The number of methoxy groups -OCH3 is 1. The van der Waals surface area contributed by atoms with Crippen molar-refractivity contribution in [3.05, 3.63) is 64.7 Å². The third-order valence-electron chi connectivity index (χ3n) is 5.86. The van der Waals surface area contributed by atoms with Gasteiger partial charge in [-0.1, -0.05) is 49.6 Å². The normalized spacial score (nSPS) is 16.8. The molecule has 0 bridgehead atoms. The maximum atomic E-state index is 13.1. The maximum Gasteiger partial charge on any atom is 0.255 e. The number of rotatable bonds is 5. The Bertz CT molecular complexity index is 887. The highest BCUT2D eigenvalue weighted by Gasteiger charge is 2.36. The van der Waals surface area contributed by atoms with Crippen molar-refractivity contribution < 1.29 is 14.3 Å². The fourth-order valence-electron chi connectivity index (χ4n) is 4.38. The van der Waals surface area contributed by atoms with Crippen LogP contribution in [-0.2, 0) is 13.1 Å². The summed E-state index contributed by atoms with van der Waals surface area (Å²) in [6.45, 7) is 0.972. The molecule has 5 heteroatoms. The van der Waals surface area contributed by atoms with Gasteiger partial charge in [-0.15, -0.1) is 0 Å². The van der Waals surface area contributed by atoms with Crippen LogP contribution in [0.5, 0.6) is 5.75 Å². The molecule has 1 aliphatic carbocycles. The Morgan fingerprint density at radius 1 is 1.11 bits per heavy atom. The Morgan fingerprint density at radius 2 is 1.89 bits per heavy atom. The molecule has 1 saturated carbocycles. The number of hydrogen-bond acceptors (Lipinski definition) is 3. The molecule has 0 spiro atoms. The van der Waals surface area contributed by atoms with Crippen LogP contribution in [-0.4, -0.2) is 29.9 Å². The van der Waals surface area contributed by atoms with Crippen LogP contribution in [0.1, 0.15) is 63.9 Å². The first-order valence-corrected chi connectivity index (χ1v) is 10.0. The maximum absolute atomic E-state index is 13.1. The Labute approximate surface area is 165 Å². The summed E-state index contributed by atoms with van der Waals surface area (Å²) in [7, 11) is 1.61. The molecule has 2 amide bonds. The Hall–Kier alpha value is -2.82. The lowest BCUT2D eigenvalue weighted by Crippen LogP contribution is -2.37. The molecule has 2 aromatic rings. The molecular formula is C23H26N2O3. The molecule has 146 valence electrons. The second-order valence-electron chi connectivity index (χ2n) is 7.56. The first-order chi connectivity index (χ1) is 13.7. The van der Waals surface area contributed by atoms with E-state index in [0.717, 1.165) is 29.7 Å². The molecule has 5 nitrogen and oxygen atoms in total. The van der Waals surface area contributed by atoms with E-state index in [1.807, 2.05) is 41.3 Å². The zero-order valence-corrected chi connectivity index (χ0v) is 16.2. The summed E-state index contributed by atoms with van der Waals surface area (Å²) in [4.78, 5) is 28.0. The van der Waals surface area contributed by atoms with Crippen molar-refractivity contribution in [2.45, 2.75) is 51.2 Å². The van der Waals surface area contributed by atoms with E-state index in [1.54, 1.807) is 13.2 Å². The van der Waals surface area contributed by atoms with Gasteiger partial charge in [0.15, 0.2) is 0 Å². The molecule has 28 heavy (non-hydrogen) atoms. The van der Waals surface area contributed by atoms with Crippen molar-refractivity contribution >= 4 is 11.8 Å². The molecule has 0 saturated heterocycles. The highest BCUT2D eigenvalue weighted by atomic mass is 16.5. The number of fused-ring (bicyclic) bond motifs is 1. The van der Waals surface area contributed by atoms with Crippen molar-refractivity contribution in [1.82, 2.24) is 10.2 Å². The zero-order chi connectivity index (χ0) is 19.5. The monoisotopic (exact) mass is 378 g/mol. The first kappa shape index (κ1) is 18.5. The minimum absolute atomic E-state index is 0.00458. The van der Waals surface area contributed by atoms with Gasteiger partial charge < -0.3 is 15.0 Å². The summed E-state index contributed by atoms with van der Waals surface area (Å²) in [6, 6.07) is 13.5. The third-order valence-corrected chi connectivity index (χ3v) is 5.86. The molecule has 1 aliphatic heterocycles. The van der Waals surface area contributed by atoms with Crippen molar-refractivity contribution in [3.63, 3.8) is 0 Å². The van der Waals surface area contributed by atoms with Gasteiger partial charge in [-0.2, -0.15) is 0 Å². The number of carbonyl (C=O) groups is 2. The lowest BCUT2D eigenvalue weighted by molar-refractivity contribution is 0.0656. The number of amides is 2. The number of benzene rings is 2. The third kappa shape index (κ3) is 3.49. The zero-order valence-electron chi connectivity index (χ0n) is 16.2. The second kappa shape index (κ2) is 8.05. The van der Waals surface area contributed by atoms with E-state index in [9.17, 15) is 9.59 Å². The molecular weight excluding hydrogens is 352 g/mol. The van der Waals surface area contributed by atoms with Crippen LogP contribution in [0.4, 0.5) is 0 Å². The number of nitrogens with zero attached hydrogens (tertiary/aromatic N) is 1. The van der Waals surface area contributed by atoms with E-state index in [2.05, 4.69) is 5.32 Å². The van der Waals surface area contributed by atoms with E-state index in [1.165, 1.54) is 19.3 Å². The van der Waals surface area contributed by atoms with Gasteiger partial charge in [0.1, 0.15) is 5.75 Å². The summed E-state index contributed by atoms with van der Waals surface area (Å²) in [5.74, 6) is 0.521. The van der Waals surface area contributed by atoms with E-state index < -0.39 is 0 Å². The van der Waals surface area contributed by atoms with Gasteiger partial charge in [-0.25, -0.2) is 0 Å². The van der Waals surface area contributed by atoms with Crippen molar-refractivity contribution in [3.8, 4) is 5.75 Å². The predicted octanol–water partition coefficient (Wildman–Crippen LogP) is 3.91. The van der Waals surface area contributed by atoms with Gasteiger partial charge in [0.05, 0.1) is 18.2 Å². The highest BCUT2D eigenvalue weighted by Crippen LogP contribution is 2.32. The average Bonchev–Trinajstić information content (AvgIpc) is 3.09. The molecule has 1 N–H and O–H groups in total. The van der Waals surface area contributed by atoms with E-state index in [-0.39, 0.29) is 11.8 Å². The predicted molar refractivity (Wildman–Crippen MR) is 107 cm³/mol. The van der Waals surface area contributed by atoms with Crippen molar-refractivity contribution in [1.29, 1.82) is 0 Å². The minimum atomic E-state index is -0.221. The minimum Gasteiger partial charge on any atom is -0.496 e. The number of nitrogens with one attached hydrogen (secondary N) is 1. The largest absolute Gasteiger partial charge is 0.496 e. The summed E-state index contributed by atoms with van der Waals surface area (Å²) >= 11 is 0. The summed E-state index contributed by atoms with van der Waals surface area (Å²) < 4.78 is 5.34. The molecule has 1 heterocycles. The Morgan fingerprint density at radius 3 is 2.68 bits per heavy atom. The number of ether oxygens (including phenoxy) is 1. The molecule has 1 fully saturated rings. The molecule has 0 atom stereocenters. The van der Waals surface area contributed by atoms with Crippen LogP contribution in [0, 0.1) is 0 Å². The summed E-state index contributed by atoms with van der Waals surface area (Å²) in [5, 5.41) is 2.94. The van der Waals surface area contributed by atoms with E-state index in [4.69, 9.17) is 4.74 Å². The second-order valence-corrected chi connectivity index (χ2v) is 7.56. The quantitative estimate of drug-likeness (QED) is 0.858. The smallest absolute Gasteiger partial charge is 0.255 e. The molecule has 0 unspecified atom stereocenters. The van der Waals surface area contributed by atoms with Crippen LogP contribution in [0.3, 0.4) is 0 Å². The van der Waals surface area contributed by atoms with Crippen LogP contribution in [0.25, 0.3) is 0 Å². The van der Waals surface area contributed by atoms with Crippen LogP contribution in [0.15, 0.2) is 42.5 Å². The number of hydrogen-bond donors (Lipinski definition) is 1.